The molecule has 0 radical (unpaired) electrons. The lowest BCUT2D eigenvalue weighted by Gasteiger charge is -2.22. The minimum atomic E-state index is -0.165. The van der Waals surface area contributed by atoms with Crippen LogP contribution in [0.25, 0.3) is 10.2 Å². The topological polar surface area (TPSA) is 33.2 Å². The van der Waals surface area contributed by atoms with Crippen molar-refractivity contribution < 1.29 is 4.79 Å². The highest BCUT2D eigenvalue weighted by atomic mass is 32.1. The Balaban J connectivity index is 2.47. The van der Waals surface area contributed by atoms with Crippen LogP contribution in [0.4, 0.5) is 0 Å². The Bertz CT molecular complexity index is 574. The number of carbonyl (C=O) groups is 1. The monoisotopic (exact) mass is 262 g/mol. The zero-order valence-electron chi connectivity index (χ0n) is 11.2. The summed E-state index contributed by atoms with van der Waals surface area (Å²) < 4.78 is 1.18. The molecule has 0 aliphatic heterocycles. The highest BCUT2D eigenvalue weighted by Crippen LogP contribution is 2.27. The number of ketones is 1. The molecular formula is C14H18N2OS. The normalized spacial score (nSPS) is 13.2. The number of thiazole rings is 1. The standard InChI is InChI=1S/C14H18N2OS/c1-5-12(17)14(16(3)4)10-6-7-13-11(8-10)15-9(2)18-13/h6-8,14H,5H2,1-4H3. The molecule has 1 heterocycles. The van der Waals surface area contributed by atoms with Gasteiger partial charge in [0.2, 0.25) is 0 Å². The predicted molar refractivity (Wildman–Crippen MR) is 76.1 cm³/mol. The Hall–Kier alpha value is -1.26. The first-order valence-electron chi connectivity index (χ1n) is 6.09. The van der Waals surface area contributed by atoms with Crippen molar-refractivity contribution in [2.75, 3.05) is 14.1 Å². The van der Waals surface area contributed by atoms with Gasteiger partial charge in [0.25, 0.3) is 0 Å². The fourth-order valence-electron chi connectivity index (χ4n) is 2.20. The van der Waals surface area contributed by atoms with Gasteiger partial charge in [0.1, 0.15) is 0 Å². The molecule has 0 aliphatic carbocycles. The number of likely N-dealkylation sites (N-methyl/N-ethyl adjacent to an activating group) is 1. The lowest BCUT2D eigenvalue weighted by molar-refractivity contribution is -0.123. The van der Waals surface area contributed by atoms with Crippen molar-refractivity contribution in [2.45, 2.75) is 26.3 Å². The Morgan fingerprint density at radius 3 is 2.78 bits per heavy atom. The third-order valence-electron chi connectivity index (χ3n) is 3.00. The molecule has 0 spiro atoms. The molecular weight excluding hydrogens is 244 g/mol. The number of aromatic nitrogens is 1. The van der Waals surface area contributed by atoms with Gasteiger partial charge in [-0.3, -0.25) is 9.69 Å². The van der Waals surface area contributed by atoms with Crippen molar-refractivity contribution in [3.63, 3.8) is 0 Å². The number of aryl methyl sites for hydroxylation is 1. The van der Waals surface area contributed by atoms with Gasteiger partial charge in [-0.1, -0.05) is 13.0 Å². The van der Waals surface area contributed by atoms with Gasteiger partial charge in [-0.05, 0) is 38.7 Å². The Morgan fingerprint density at radius 2 is 2.17 bits per heavy atom. The average molecular weight is 262 g/mol. The summed E-state index contributed by atoms with van der Waals surface area (Å²) in [6.07, 6.45) is 0.553. The van der Waals surface area contributed by atoms with Gasteiger partial charge in [0.15, 0.2) is 5.78 Å². The lowest BCUT2D eigenvalue weighted by atomic mass is 10.00. The van der Waals surface area contributed by atoms with Crippen molar-refractivity contribution in [3.8, 4) is 0 Å². The largest absolute Gasteiger partial charge is 0.298 e. The van der Waals surface area contributed by atoms with Gasteiger partial charge in [-0.15, -0.1) is 11.3 Å². The summed E-state index contributed by atoms with van der Waals surface area (Å²) in [5.74, 6) is 0.242. The van der Waals surface area contributed by atoms with Crippen LogP contribution in [0, 0.1) is 6.92 Å². The zero-order chi connectivity index (χ0) is 13.3. The van der Waals surface area contributed by atoms with Gasteiger partial charge < -0.3 is 0 Å². The third kappa shape index (κ3) is 2.44. The summed E-state index contributed by atoms with van der Waals surface area (Å²) in [6, 6.07) is 5.98. The molecule has 0 saturated carbocycles. The first-order valence-corrected chi connectivity index (χ1v) is 6.90. The maximum Gasteiger partial charge on any atom is 0.154 e. The molecule has 0 saturated heterocycles. The second-order valence-corrected chi connectivity index (χ2v) is 5.88. The van der Waals surface area contributed by atoms with E-state index in [9.17, 15) is 4.79 Å². The number of hydrogen-bond donors (Lipinski definition) is 0. The number of rotatable bonds is 4. The number of fused-ring (bicyclic) bond motifs is 1. The maximum atomic E-state index is 12.0. The van der Waals surface area contributed by atoms with Crippen LogP contribution < -0.4 is 0 Å². The lowest BCUT2D eigenvalue weighted by Crippen LogP contribution is -2.27. The summed E-state index contributed by atoms with van der Waals surface area (Å²) in [5.41, 5.74) is 2.02. The van der Waals surface area contributed by atoms with Crippen molar-refractivity contribution in [1.29, 1.82) is 0 Å². The molecule has 4 heteroatoms. The fourth-order valence-corrected chi connectivity index (χ4v) is 3.00. The average Bonchev–Trinajstić information content (AvgIpc) is 2.68. The molecule has 96 valence electrons. The predicted octanol–water partition coefficient (Wildman–Crippen LogP) is 3.19. The Morgan fingerprint density at radius 1 is 1.44 bits per heavy atom. The second kappa shape index (κ2) is 5.16. The third-order valence-corrected chi connectivity index (χ3v) is 3.96. The molecule has 0 amide bonds. The van der Waals surface area contributed by atoms with E-state index in [4.69, 9.17) is 0 Å². The van der Waals surface area contributed by atoms with Crippen LogP contribution in [0.3, 0.4) is 0 Å². The van der Waals surface area contributed by atoms with Gasteiger partial charge in [0.05, 0.1) is 21.3 Å². The van der Waals surface area contributed by atoms with E-state index in [0.29, 0.717) is 6.42 Å². The smallest absolute Gasteiger partial charge is 0.154 e. The molecule has 2 aromatic rings. The van der Waals surface area contributed by atoms with E-state index in [1.807, 2.05) is 45.0 Å². The quantitative estimate of drug-likeness (QED) is 0.848. The van der Waals surface area contributed by atoms with Gasteiger partial charge in [-0.2, -0.15) is 0 Å². The molecule has 2 rings (SSSR count). The number of carbonyl (C=O) groups excluding carboxylic acids is 1. The van der Waals surface area contributed by atoms with Crippen LogP contribution in [-0.2, 0) is 4.79 Å². The molecule has 0 aliphatic rings. The van der Waals surface area contributed by atoms with Crippen molar-refractivity contribution in [1.82, 2.24) is 9.88 Å². The van der Waals surface area contributed by atoms with Crippen LogP contribution in [0.15, 0.2) is 18.2 Å². The van der Waals surface area contributed by atoms with Crippen molar-refractivity contribution in [3.05, 3.63) is 28.8 Å². The molecule has 0 fully saturated rings. The molecule has 0 bridgehead atoms. The molecule has 1 aromatic carbocycles. The van der Waals surface area contributed by atoms with E-state index in [2.05, 4.69) is 11.1 Å². The summed E-state index contributed by atoms with van der Waals surface area (Å²) in [4.78, 5) is 18.5. The van der Waals surface area contributed by atoms with E-state index >= 15 is 0 Å². The van der Waals surface area contributed by atoms with Crippen LogP contribution in [0.2, 0.25) is 0 Å². The molecule has 1 atom stereocenters. The van der Waals surface area contributed by atoms with Crippen molar-refractivity contribution in [2.24, 2.45) is 0 Å². The van der Waals surface area contributed by atoms with E-state index < -0.39 is 0 Å². The van der Waals surface area contributed by atoms with Gasteiger partial charge in [0, 0.05) is 6.42 Å². The number of benzene rings is 1. The first kappa shape index (κ1) is 13.2. The second-order valence-electron chi connectivity index (χ2n) is 4.65. The molecule has 3 nitrogen and oxygen atoms in total. The van der Waals surface area contributed by atoms with Gasteiger partial charge in [-0.25, -0.2) is 4.98 Å². The highest BCUT2D eigenvalue weighted by molar-refractivity contribution is 7.18. The maximum absolute atomic E-state index is 12.0. The van der Waals surface area contributed by atoms with Crippen LogP contribution in [-0.4, -0.2) is 29.8 Å². The zero-order valence-corrected chi connectivity index (χ0v) is 12.0. The molecule has 1 unspecified atom stereocenters. The minimum absolute atomic E-state index is 0.165. The molecule has 18 heavy (non-hydrogen) atoms. The fraction of sp³-hybridized carbons (Fsp3) is 0.429. The first-order chi connectivity index (χ1) is 8.52. The van der Waals surface area contributed by atoms with Crippen LogP contribution in [0.1, 0.15) is 30.0 Å². The number of nitrogens with zero attached hydrogens (tertiary/aromatic N) is 2. The SMILES string of the molecule is CCC(=O)C(c1ccc2sc(C)nc2c1)N(C)C. The molecule has 1 aromatic heterocycles. The minimum Gasteiger partial charge on any atom is -0.298 e. The number of hydrogen-bond acceptors (Lipinski definition) is 4. The summed E-state index contributed by atoms with van der Waals surface area (Å²) in [7, 11) is 3.88. The van der Waals surface area contributed by atoms with Crippen LogP contribution >= 0.6 is 11.3 Å². The van der Waals surface area contributed by atoms with E-state index in [1.54, 1.807) is 11.3 Å². The summed E-state index contributed by atoms with van der Waals surface area (Å²) in [6.45, 7) is 3.91. The van der Waals surface area contributed by atoms with E-state index in [1.165, 1.54) is 4.70 Å². The highest BCUT2D eigenvalue weighted by Gasteiger charge is 2.21. The van der Waals surface area contributed by atoms with Crippen molar-refractivity contribution >= 4 is 27.3 Å². The van der Waals surface area contributed by atoms with E-state index in [-0.39, 0.29) is 11.8 Å². The Kier molecular flexibility index (Phi) is 3.78. The number of Topliss-reactive ketones (excluding diaryl/α,β-unsaturated/α-hetero) is 1. The Labute approximate surface area is 111 Å². The molecule has 0 N–H and O–H groups in total. The summed E-state index contributed by atoms with van der Waals surface area (Å²) in [5, 5.41) is 1.06. The van der Waals surface area contributed by atoms with E-state index in [0.717, 1.165) is 16.1 Å². The van der Waals surface area contributed by atoms with Gasteiger partial charge >= 0.3 is 0 Å². The summed E-state index contributed by atoms with van der Waals surface area (Å²) >= 11 is 1.69. The van der Waals surface area contributed by atoms with Crippen LogP contribution in [0.5, 0.6) is 0 Å².